The van der Waals surface area contributed by atoms with Gasteiger partial charge in [0.05, 0.1) is 15.5 Å². The van der Waals surface area contributed by atoms with Crippen molar-refractivity contribution in [2.45, 2.75) is 62.8 Å². The number of nitrogens with zero attached hydrogens (tertiary/aromatic N) is 1. The summed E-state index contributed by atoms with van der Waals surface area (Å²) in [4.78, 5) is 27.6. The quantitative estimate of drug-likeness (QED) is 0.673. The number of rotatable bonds is 4. The number of carbonyl (C=O) groups is 2. The Morgan fingerprint density at radius 2 is 1.85 bits per heavy atom. The van der Waals surface area contributed by atoms with Gasteiger partial charge in [-0.1, -0.05) is 49.0 Å². The number of halogens is 2. The van der Waals surface area contributed by atoms with Gasteiger partial charge in [0.2, 0.25) is 5.91 Å². The average molecular weight is 394 g/mol. The Hall–Kier alpha value is -1.06. The Bertz CT molecular complexity index is 740. The molecular weight excluding hydrogens is 369 g/mol. The van der Waals surface area contributed by atoms with E-state index in [0.29, 0.717) is 28.9 Å². The van der Waals surface area contributed by atoms with Gasteiger partial charge in [0.15, 0.2) is 0 Å². The topological polar surface area (TPSA) is 37.4 Å². The van der Waals surface area contributed by atoms with E-state index in [1.54, 1.807) is 12.1 Å². The fourth-order valence-electron chi connectivity index (χ4n) is 5.38. The maximum Gasteiger partial charge on any atom is 0.225 e. The van der Waals surface area contributed by atoms with Crippen molar-refractivity contribution in [1.29, 1.82) is 0 Å². The van der Waals surface area contributed by atoms with Crippen LogP contribution in [0.4, 0.5) is 0 Å². The van der Waals surface area contributed by atoms with E-state index >= 15 is 0 Å². The molecular formula is C21H25Cl2NO2. The molecule has 1 saturated heterocycles. The number of amides is 1. The minimum atomic E-state index is -0.702. The van der Waals surface area contributed by atoms with Gasteiger partial charge in [-0.05, 0) is 55.7 Å². The second-order valence-corrected chi connectivity index (χ2v) is 9.33. The van der Waals surface area contributed by atoms with Crippen molar-refractivity contribution in [1.82, 2.24) is 4.90 Å². The van der Waals surface area contributed by atoms with Crippen molar-refractivity contribution in [3.05, 3.63) is 33.8 Å². The molecule has 140 valence electrons. The largest absolute Gasteiger partial charge is 0.335 e. The van der Waals surface area contributed by atoms with Crippen LogP contribution in [-0.2, 0) is 15.0 Å². The molecule has 1 heterocycles. The summed E-state index contributed by atoms with van der Waals surface area (Å²) in [6, 6.07) is 5.45. The van der Waals surface area contributed by atoms with Crippen molar-refractivity contribution < 1.29 is 9.59 Å². The highest BCUT2D eigenvalue weighted by molar-refractivity contribution is 6.42. The number of aldehydes is 1. The zero-order chi connectivity index (χ0) is 18.5. The molecule has 3 fully saturated rings. The summed E-state index contributed by atoms with van der Waals surface area (Å²) in [5.74, 6) is 0.661. The van der Waals surface area contributed by atoms with Crippen LogP contribution in [0.25, 0.3) is 0 Å². The van der Waals surface area contributed by atoms with Gasteiger partial charge >= 0.3 is 0 Å². The zero-order valence-electron chi connectivity index (χ0n) is 15.1. The Morgan fingerprint density at radius 1 is 1.15 bits per heavy atom. The maximum absolute atomic E-state index is 13.2. The Labute approximate surface area is 165 Å². The summed E-state index contributed by atoms with van der Waals surface area (Å²) in [7, 11) is 0. The average Bonchev–Trinajstić information content (AvgIpc) is 3.38. The third-order valence-electron chi connectivity index (χ3n) is 6.86. The van der Waals surface area contributed by atoms with E-state index in [2.05, 4.69) is 4.90 Å². The molecule has 0 bridgehead atoms. The van der Waals surface area contributed by atoms with E-state index in [-0.39, 0.29) is 17.4 Å². The van der Waals surface area contributed by atoms with Gasteiger partial charge in [-0.3, -0.25) is 4.79 Å². The highest BCUT2D eigenvalue weighted by atomic mass is 35.5. The lowest BCUT2D eigenvalue weighted by Crippen LogP contribution is -2.62. The summed E-state index contributed by atoms with van der Waals surface area (Å²) in [5.41, 5.74) is 0.137. The normalized spacial score (nSPS) is 31.3. The monoisotopic (exact) mass is 393 g/mol. The molecule has 5 heteroatoms. The zero-order valence-corrected chi connectivity index (χ0v) is 16.7. The van der Waals surface area contributed by atoms with Crippen LogP contribution in [0.3, 0.4) is 0 Å². The van der Waals surface area contributed by atoms with Gasteiger partial charge < -0.3 is 9.69 Å². The smallest absolute Gasteiger partial charge is 0.225 e. The molecule has 1 aromatic carbocycles. The second-order valence-electron chi connectivity index (χ2n) is 8.52. The molecule has 2 saturated carbocycles. The molecule has 0 spiro atoms. The van der Waals surface area contributed by atoms with E-state index in [1.807, 2.05) is 13.0 Å². The lowest BCUT2D eigenvalue weighted by atomic mass is 9.70. The molecule has 1 aromatic rings. The van der Waals surface area contributed by atoms with Crippen LogP contribution >= 0.6 is 23.2 Å². The molecule has 1 unspecified atom stereocenters. The Morgan fingerprint density at radius 3 is 2.42 bits per heavy atom. The summed E-state index contributed by atoms with van der Waals surface area (Å²) < 4.78 is 0. The first-order valence-electron chi connectivity index (χ1n) is 9.65. The van der Waals surface area contributed by atoms with Crippen LogP contribution < -0.4 is 0 Å². The van der Waals surface area contributed by atoms with Crippen molar-refractivity contribution in [3.8, 4) is 0 Å². The van der Waals surface area contributed by atoms with E-state index < -0.39 is 5.41 Å². The van der Waals surface area contributed by atoms with Gasteiger partial charge in [-0.15, -0.1) is 0 Å². The number of hydrogen-bond acceptors (Lipinski definition) is 2. The summed E-state index contributed by atoms with van der Waals surface area (Å²) in [6.07, 6.45) is 8.49. The van der Waals surface area contributed by atoms with Crippen molar-refractivity contribution >= 4 is 35.4 Å². The van der Waals surface area contributed by atoms with E-state index in [4.69, 9.17) is 23.2 Å². The van der Waals surface area contributed by atoms with Crippen molar-refractivity contribution in [2.24, 2.45) is 11.8 Å². The highest BCUT2D eigenvalue weighted by Crippen LogP contribution is 2.54. The minimum Gasteiger partial charge on any atom is -0.335 e. The second kappa shape index (κ2) is 6.53. The number of piperidine rings is 1. The van der Waals surface area contributed by atoms with E-state index in [1.165, 1.54) is 25.7 Å². The number of carbonyl (C=O) groups excluding carboxylic acids is 2. The van der Waals surface area contributed by atoms with Crippen LogP contribution in [0.5, 0.6) is 0 Å². The van der Waals surface area contributed by atoms with Gasteiger partial charge in [0.1, 0.15) is 6.29 Å². The first kappa shape index (κ1) is 18.3. The lowest BCUT2D eigenvalue weighted by Gasteiger charge is -2.51. The molecule has 3 aliphatic rings. The molecule has 2 atom stereocenters. The fourth-order valence-corrected chi connectivity index (χ4v) is 5.67. The van der Waals surface area contributed by atoms with Crippen LogP contribution in [0, 0.1) is 11.8 Å². The molecule has 0 radical (unpaired) electrons. The number of benzene rings is 1. The molecule has 4 rings (SSSR count). The SMILES string of the molecule is CC1C[C@](C=O)(c2ccc(Cl)c(Cl)c2)CN(C2(C3CC3)CCCC2)C1=O. The molecule has 1 aliphatic heterocycles. The fraction of sp³-hybridized carbons (Fsp3) is 0.619. The molecule has 0 aromatic heterocycles. The third-order valence-corrected chi connectivity index (χ3v) is 7.60. The Kier molecular flexibility index (Phi) is 4.60. The maximum atomic E-state index is 13.2. The van der Waals surface area contributed by atoms with Crippen LogP contribution in [0.15, 0.2) is 18.2 Å². The molecule has 1 amide bonds. The predicted octanol–water partition coefficient (Wildman–Crippen LogP) is 5.02. The Balaban J connectivity index is 1.75. The number of hydrogen-bond donors (Lipinski definition) is 0. The first-order valence-corrected chi connectivity index (χ1v) is 10.4. The first-order chi connectivity index (χ1) is 12.4. The standard InChI is InChI=1S/C21H25Cl2NO2/c1-14-11-20(13-25,16-6-7-17(22)18(23)10-16)12-24(19(14)26)21(15-4-5-15)8-2-3-9-21/h6-7,10,13-15H,2-5,8-9,11-12H2,1H3/t14?,20-/m0/s1. The predicted molar refractivity (Wildman–Crippen MR) is 104 cm³/mol. The van der Waals surface area contributed by atoms with Crippen LogP contribution in [0.2, 0.25) is 10.0 Å². The summed E-state index contributed by atoms with van der Waals surface area (Å²) >= 11 is 12.3. The molecule has 2 aliphatic carbocycles. The van der Waals surface area contributed by atoms with E-state index in [0.717, 1.165) is 24.7 Å². The summed E-state index contributed by atoms with van der Waals surface area (Å²) in [5, 5.41) is 0.942. The van der Waals surface area contributed by atoms with Crippen molar-refractivity contribution in [2.75, 3.05) is 6.54 Å². The van der Waals surface area contributed by atoms with Crippen molar-refractivity contribution in [3.63, 3.8) is 0 Å². The molecule has 0 N–H and O–H groups in total. The lowest BCUT2D eigenvalue weighted by molar-refractivity contribution is -0.151. The van der Waals surface area contributed by atoms with Gasteiger partial charge in [0, 0.05) is 18.0 Å². The number of likely N-dealkylation sites (tertiary alicyclic amines) is 1. The van der Waals surface area contributed by atoms with Gasteiger partial charge in [-0.2, -0.15) is 0 Å². The van der Waals surface area contributed by atoms with Gasteiger partial charge in [-0.25, -0.2) is 0 Å². The molecule has 3 nitrogen and oxygen atoms in total. The van der Waals surface area contributed by atoms with Crippen LogP contribution in [0.1, 0.15) is 57.4 Å². The van der Waals surface area contributed by atoms with Crippen LogP contribution in [-0.4, -0.2) is 29.2 Å². The molecule has 26 heavy (non-hydrogen) atoms. The van der Waals surface area contributed by atoms with Gasteiger partial charge in [0.25, 0.3) is 0 Å². The minimum absolute atomic E-state index is 0.0315. The van der Waals surface area contributed by atoms with E-state index in [9.17, 15) is 9.59 Å². The highest BCUT2D eigenvalue weighted by Gasteiger charge is 2.56. The summed E-state index contributed by atoms with van der Waals surface area (Å²) in [6.45, 7) is 2.42. The third kappa shape index (κ3) is 2.79.